The summed E-state index contributed by atoms with van der Waals surface area (Å²) in [6.07, 6.45) is 2.45. The van der Waals surface area contributed by atoms with Crippen molar-refractivity contribution in [2.75, 3.05) is 6.61 Å². The highest BCUT2D eigenvalue weighted by molar-refractivity contribution is 7.99. The number of hydrogen-bond donors (Lipinski definition) is 1. The molecule has 2 aromatic heterocycles. The Balaban J connectivity index is 0.000000202. The van der Waals surface area contributed by atoms with E-state index >= 15 is 0 Å². The summed E-state index contributed by atoms with van der Waals surface area (Å²) in [5, 5.41) is 8.65. The van der Waals surface area contributed by atoms with Crippen molar-refractivity contribution in [1.82, 2.24) is 0 Å². The third-order valence-electron chi connectivity index (χ3n) is 4.23. The monoisotopic (exact) mass is 524 g/mol. The van der Waals surface area contributed by atoms with E-state index in [1.165, 1.54) is 36.1 Å². The molecule has 0 fully saturated rings. The number of aromatic carboxylic acids is 1. The first-order valence-corrected chi connectivity index (χ1v) is 12.1. The van der Waals surface area contributed by atoms with E-state index in [-0.39, 0.29) is 29.0 Å². The molecule has 36 heavy (non-hydrogen) atoms. The lowest BCUT2D eigenvalue weighted by Crippen LogP contribution is -2.10. The van der Waals surface area contributed by atoms with Crippen molar-refractivity contribution >= 4 is 35.5 Å². The van der Waals surface area contributed by atoms with Gasteiger partial charge in [0.2, 0.25) is 11.5 Å². The van der Waals surface area contributed by atoms with Gasteiger partial charge in [-0.25, -0.2) is 9.59 Å². The van der Waals surface area contributed by atoms with Crippen molar-refractivity contribution in [3.05, 3.63) is 117 Å². The predicted octanol–water partition coefficient (Wildman–Crippen LogP) is 5.46. The van der Waals surface area contributed by atoms with Crippen molar-refractivity contribution < 1.29 is 28.3 Å². The summed E-state index contributed by atoms with van der Waals surface area (Å²) in [7, 11) is 0. The smallest absolute Gasteiger partial charge is 0.374 e. The van der Waals surface area contributed by atoms with Crippen LogP contribution in [0.15, 0.2) is 123 Å². The van der Waals surface area contributed by atoms with Crippen molar-refractivity contribution in [2.45, 2.75) is 26.5 Å². The maximum atomic E-state index is 11.9. The van der Waals surface area contributed by atoms with E-state index in [1.54, 1.807) is 6.92 Å². The summed E-state index contributed by atoms with van der Waals surface area (Å²) in [5.41, 5.74) is -0.620. The molecule has 2 aromatic carbocycles. The molecule has 0 unspecified atom stereocenters. The number of carboxylic acids is 1. The summed E-state index contributed by atoms with van der Waals surface area (Å²) in [5.74, 6) is -2.31. The normalized spacial score (nSPS) is 10.1. The number of rotatable bonds is 7. The second kappa shape index (κ2) is 13.2. The van der Waals surface area contributed by atoms with E-state index in [0.29, 0.717) is 9.79 Å². The first-order chi connectivity index (χ1) is 17.4. The SMILES string of the molecule is CCOC(=O)c1cc(=O)c(Sc2ccccc2)co1.O=C(O)c1cc(=O)c(Sc2ccccc2)co1. The van der Waals surface area contributed by atoms with Gasteiger partial charge in [-0.15, -0.1) is 0 Å². The minimum absolute atomic E-state index is 0.0794. The van der Waals surface area contributed by atoms with Crippen LogP contribution in [0.3, 0.4) is 0 Å². The molecule has 0 aliphatic heterocycles. The number of carbonyl (C=O) groups excluding carboxylic acids is 1. The lowest BCUT2D eigenvalue weighted by atomic mass is 10.4. The highest BCUT2D eigenvalue weighted by Gasteiger charge is 2.13. The molecule has 0 aliphatic carbocycles. The first kappa shape index (κ1) is 26.6. The van der Waals surface area contributed by atoms with Crippen LogP contribution in [0.4, 0.5) is 0 Å². The molecule has 0 amide bonds. The van der Waals surface area contributed by atoms with Crippen LogP contribution in [0.25, 0.3) is 0 Å². The summed E-state index contributed by atoms with van der Waals surface area (Å²) >= 11 is 2.53. The lowest BCUT2D eigenvalue weighted by Gasteiger charge is -2.02. The Hall–Kier alpha value is -4.02. The Bertz CT molecular complexity index is 1430. The fourth-order valence-corrected chi connectivity index (χ4v) is 4.21. The molecule has 1 N–H and O–H groups in total. The van der Waals surface area contributed by atoms with Crippen LogP contribution in [0, 0.1) is 0 Å². The highest BCUT2D eigenvalue weighted by Crippen LogP contribution is 2.25. The van der Waals surface area contributed by atoms with E-state index in [9.17, 15) is 19.2 Å². The molecule has 0 spiro atoms. The van der Waals surface area contributed by atoms with Gasteiger partial charge in [0, 0.05) is 21.9 Å². The molecule has 0 atom stereocenters. The molecule has 0 saturated heterocycles. The Kier molecular flexibility index (Phi) is 9.73. The molecule has 8 nitrogen and oxygen atoms in total. The van der Waals surface area contributed by atoms with E-state index in [0.717, 1.165) is 21.9 Å². The number of ether oxygens (including phenoxy) is 1. The zero-order valence-corrected chi connectivity index (χ0v) is 20.5. The Morgan fingerprint density at radius 3 is 1.64 bits per heavy atom. The molecular weight excluding hydrogens is 504 g/mol. The standard InChI is InChI=1S/C14H12O4S.C12H8O4S/c1-2-17-14(16)12-8-11(15)13(9-18-12)19-10-6-4-3-5-7-10;13-9-6-10(12(14)15)16-7-11(9)17-8-4-2-1-3-5-8/h3-9H,2H2,1H3;1-7H,(H,14,15). The van der Waals surface area contributed by atoms with Crippen LogP contribution in [-0.4, -0.2) is 23.7 Å². The quantitative estimate of drug-likeness (QED) is 0.312. The van der Waals surface area contributed by atoms with Crippen molar-refractivity contribution in [3.8, 4) is 0 Å². The van der Waals surface area contributed by atoms with Gasteiger partial charge < -0.3 is 18.7 Å². The van der Waals surface area contributed by atoms with Crippen molar-refractivity contribution in [1.29, 1.82) is 0 Å². The lowest BCUT2D eigenvalue weighted by molar-refractivity contribution is 0.0485. The van der Waals surface area contributed by atoms with Gasteiger partial charge in [0.05, 0.1) is 16.4 Å². The minimum atomic E-state index is -1.25. The van der Waals surface area contributed by atoms with Gasteiger partial charge in [0.1, 0.15) is 12.5 Å². The molecule has 2 heterocycles. The average Bonchev–Trinajstić information content (AvgIpc) is 2.88. The van der Waals surface area contributed by atoms with Gasteiger partial charge in [-0.3, -0.25) is 9.59 Å². The fourth-order valence-electron chi connectivity index (χ4n) is 2.60. The predicted molar refractivity (Wildman–Crippen MR) is 134 cm³/mol. The van der Waals surface area contributed by atoms with Crippen LogP contribution in [-0.2, 0) is 4.74 Å². The highest BCUT2D eigenvalue weighted by atomic mass is 32.2. The Labute approximate surface area is 213 Å². The molecule has 4 rings (SSSR count). The second-order valence-corrected chi connectivity index (χ2v) is 9.03. The summed E-state index contributed by atoms with van der Waals surface area (Å²) < 4.78 is 14.7. The van der Waals surface area contributed by atoms with Crippen molar-refractivity contribution in [3.63, 3.8) is 0 Å². The zero-order valence-electron chi connectivity index (χ0n) is 18.9. The van der Waals surface area contributed by atoms with Crippen LogP contribution in [0.5, 0.6) is 0 Å². The maximum Gasteiger partial charge on any atom is 0.374 e. The summed E-state index contributed by atoms with van der Waals surface area (Å²) in [6.45, 7) is 1.93. The van der Waals surface area contributed by atoms with Crippen LogP contribution >= 0.6 is 23.5 Å². The first-order valence-electron chi connectivity index (χ1n) is 10.5. The summed E-state index contributed by atoms with van der Waals surface area (Å²) in [6, 6.07) is 20.9. The molecular formula is C26H20O8S2. The van der Waals surface area contributed by atoms with E-state index in [1.807, 2.05) is 60.7 Å². The molecule has 0 saturated carbocycles. The molecule has 0 radical (unpaired) electrons. The molecule has 0 aliphatic rings. The second-order valence-electron chi connectivity index (χ2n) is 6.80. The molecule has 184 valence electrons. The molecule has 10 heteroatoms. The average molecular weight is 525 g/mol. The maximum absolute atomic E-state index is 11.9. The topological polar surface area (TPSA) is 124 Å². The van der Waals surface area contributed by atoms with Gasteiger partial charge in [0.25, 0.3) is 0 Å². The Morgan fingerprint density at radius 1 is 0.778 bits per heavy atom. The van der Waals surface area contributed by atoms with Gasteiger partial charge in [0.15, 0.2) is 10.9 Å². The Morgan fingerprint density at radius 2 is 1.22 bits per heavy atom. The van der Waals surface area contributed by atoms with Gasteiger partial charge >= 0.3 is 11.9 Å². The third kappa shape index (κ3) is 7.76. The largest absolute Gasteiger partial charge is 0.475 e. The number of carboxylic acid groups (broad SMARTS) is 1. The number of benzene rings is 2. The van der Waals surface area contributed by atoms with Gasteiger partial charge in [-0.1, -0.05) is 59.9 Å². The van der Waals surface area contributed by atoms with Crippen LogP contribution < -0.4 is 10.9 Å². The van der Waals surface area contributed by atoms with E-state index in [2.05, 4.69) is 0 Å². The number of carbonyl (C=O) groups is 2. The van der Waals surface area contributed by atoms with Gasteiger partial charge in [-0.2, -0.15) is 0 Å². The van der Waals surface area contributed by atoms with Gasteiger partial charge in [-0.05, 0) is 31.2 Å². The third-order valence-corrected chi connectivity index (χ3v) is 6.28. The van der Waals surface area contributed by atoms with Crippen LogP contribution in [0.2, 0.25) is 0 Å². The minimum Gasteiger partial charge on any atom is -0.475 e. The van der Waals surface area contributed by atoms with E-state index in [4.69, 9.17) is 18.7 Å². The van der Waals surface area contributed by atoms with Crippen LogP contribution in [0.1, 0.15) is 28.0 Å². The van der Waals surface area contributed by atoms with E-state index < -0.39 is 11.9 Å². The summed E-state index contributed by atoms with van der Waals surface area (Å²) in [4.78, 5) is 48.1. The van der Waals surface area contributed by atoms with Crippen molar-refractivity contribution in [2.24, 2.45) is 0 Å². The molecule has 0 bridgehead atoms. The molecule has 4 aromatic rings. The number of hydrogen-bond acceptors (Lipinski definition) is 9. The zero-order chi connectivity index (χ0) is 25.9. The number of esters is 1. The fraction of sp³-hybridized carbons (Fsp3) is 0.0769.